The number of anilines is 2. The van der Waals surface area contributed by atoms with Crippen molar-refractivity contribution in [3.63, 3.8) is 0 Å². The molecule has 0 aliphatic carbocycles. The van der Waals surface area contributed by atoms with Gasteiger partial charge in [0.2, 0.25) is 5.91 Å². The summed E-state index contributed by atoms with van der Waals surface area (Å²) in [5, 5.41) is 2.81. The molecule has 1 saturated heterocycles. The van der Waals surface area contributed by atoms with Crippen LogP contribution < -0.4 is 15.0 Å². The Kier molecular flexibility index (Phi) is 6.47. The summed E-state index contributed by atoms with van der Waals surface area (Å²) in [5.74, 6) is 0.973. The van der Waals surface area contributed by atoms with Crippen LogP contribution in [0.15, 0.2) is 72.8 Å². The van der Waals surface area contributed by atoms with Gasteiger partial charge < -0.3 is 10.1 Å². The molecule has 0 bridgehead atoms. The van der Waals surface area contributed by atoms with E-state index in [4.69, 9.17) is 4.74 Å². The number of rotatable bonds is 5. The molecular weight excluding hydrogens is 432 g/mol. The maximum atomic E-state index is 12.7. The summed E-state index contributed by atoms with van der Waals surface area (Å²) in [7, 11) is 1.61. The molecule has 1 atom stereocenters. The minimum absolute atomic E-state index is 0.0438. The standard InChI is InChI=1S/C27H28N2O3S/c1-27(2,3)20-13-9-18(10-14-20)25(31)28-21-15-11-19(12-16-21)26-29(24(30)17-33-26)22-7-5-6-8-23(22)32-4/h5-16,26H,17H2,1-4H3,(H,28,31)/t26-/m1/s1. The van der Waals surface area contributed by atoms with Crippen LogP contribution in [0, 0.1) is 0 Å². The summed E-state index contributed by atoms with van der Waals surface area (Å²) in [4.78, 5) is 27.1. The Morgan fingerprint density at radius 3 is 2.30 bits per heavy atom. The van der Waals surface area contributed by atoms with Gasteiger partial charge in [0, 0.05) is 11.3 Å². The first-order valence-corrected chi connectivity index (χ1v) is 11.9. The summed E-state index contributed by atoms with van der Waals surface area (Å²) < 4.78 is 5.47. The molecule has 3 aromatic carbocycles. The number of ether oxygens (including phenoxy) is 1. The highest BCUT2D eigenvalue weighted by Crippen LogP contribution is 2.44. The third-order valence-corrected chi connectivity index (χ3v) is 6.89. The summed E-state index contributed by atoms with van der Waals surface area (Å²) in [6, 6.07) is 22.9. The second-order valence-corrected chi connectivity index (χ2v) is 10.1. The smallest absolute Gasteiger partial charge is 0.255 e. The third-order valence-electron chi connectivity index (χ3n) is 5.68. The Morgan fingerprint density at radius 2 is 1.67 bits per heavy atom. The summed E-state index contributed by atoms with van der Waals surface area (Å²) in [6.45, 7) is 6.44. The van der Waals surface area contributed by atoms with Crippen molar-refractivity contribution in [3.05, 3.63) is 89.5 Å². The van der Waals surface area contributed by atoms with Crippen molar-refractivity contribution in [2.45, 2.75) is 31.6 Å². The van der Waals surface area contributed by atoms with Crippen LogP contribution in [0.4, 0.5) is 11.4 Å². The lowest BCUT2D eigenvalue weighted by Crippen LogP contribution is -2.28. The molecule has 5 nitrogen and oxygen atoms in total. The minimum Gasteiger partial charge on any atom is -0.495 e. The number of thioether (sulfide) groups is 1. The van der Waals surface area contributed by atoms with E-state index >= 15 is 0 Å². The first-order valence-electron chi connectivity index (χ1n) is 10.9. The van der Waals surface area contributed by atoms with Crippen LogP contribution in [0.5, 0.6) is 5.75 Å². The number of hydrogen-bond donors (Lipinski definition) is 1. The predicted octanol–water partition coefficient (Wildman–Crippen LogP) is 6.02. The third kappa shape index (κ3) is 4.91. The molecular formula is C27H28N2O3S. The van der Waals surface area contributed by atoms with Gasteiger partial charge in [0.05, 0.1) is 18.6 Å². The fourth-order valence-electron chi connectivity index (χ4n) is 3.82. The molecule has 3 aromatic rings. The lowest BCUT2D eigenvalue weighted by atomic mass is 9.87. The first-order chi connectivity index (χ1) is 15.8. The zero-order chi connectivity index (χ0) is 23.6. The average molecular weight is 461 g/mol. The van der Waals surface area contributed by atoms with Gasteiger partial charge in [-0.05, 0) is 52.9 Å². The molecule has 1 aliphatic heterocycles. The van der Waals surface area contributed by atoms with Crippen LogP contribution in [0.2, 0.25) is 0 Å². The Morgan fingerprint density at radius 1 is 1.00 bits per heavy atom. The number of carbonyl (C=O) groups is 2. The minimum atomic E-state index is -0.150. The normalized spacial score (nSPS) is 16.1. The van der Waals surface area contributed by atoms with Gasteiger partial charge in [0.25, 0.3) is 5.91 Å². The molecule has 0 aromatic heterocycles. The quantitative estimate of drug-likeness (QED) is 0.506. The molecule has 0 radical (unpaired) electrons. The van der Waals surface area contributed by atoms with E-state index < -0.39 is 0 Å². The highest BCUT2D eigenvalue weighted by Gasteiger charge is 2.35. The molecule has 33 heavy (non-hydrogen) atoms. The number of benzene rings is 3. The Hall–Kier alpha value is -3.25. The lowest BCUT2D eigenvalue weighted by Gasteiger charge is -2.26. The fourth-order valence-corrected chi connectivity index (χ4v) is 4.99. The summed E-state index contributed by atoms with van der Waals surface area (Å²) in [5.41, 5.74) is 4.31. The molecule has 1 heterocycles. The molecule has 6 heteroatoms. The molecule has 1 fully saturated rings. The Labute approximate surface area is 199 Å². The molecule has 1 aliphatic rings. The predicted molar refractivity (Wildman–Crippen MR) is 135 cm³/mol. The number of para-hydroxylation sites is 2. The number of nitrogens with zero attached hydrogens (tertiary/aromatic N) is 1. The average Bonchev–Trinajstić information content (AvgIpc) is 3.20. The van der Waals surface area contributed by atoms with E-state index in [0.29, 0.717) is 22.8 Å². The zero-order valence-electron chi connectivity index (χ0n) is 19.3. The number of nitrogens with one attached hydrogen (secondary N) is 1. The van der Waals surface area contributed by atoms with Crippen molar-refractivity contribution >= 4 is 35.0 Å². The van der Waals surface area contributed by atoms with Crippen LogP contribution in [0.3, 0.4) is 0 Å². The van der Waals surface area contributed by atoms with Gasteiger partial charge in [-0.3, -0.25) is 14.5 Å². The van der Waals surface area contributed by atoms with Gasteiger partial charge in [0.1, 0.15) is 11.1 Å². The van der Waals surface area contributed by atoms with E-state index in [1.54, 1.807) is 23.8 Å². The van der Waals surface area contributed by atoms with Crippen molar-refractivity contribution in [3.8, 4) is 5.75 Å². The first kappa shape index (κ1) is 22.9. The number of methoxy groups -OCH3 is 1. The van der Waals surface area contributed by atoms with Crippen LogP contribution >= 0.6 is 11.8 Å². The molecule has 2 amide bonds. The van der Waals surface area contributed by atoms with Crippen molar-refractivity contribution in [2.75, 3.05) is 23.1 Å². The van der Waals surface area contributed by atoms with Gasteiger partial charge in [-0.2, -0.15) is 0 Å². The monoisotopic (exact) mass is 460 g/mol. The van der Waals surface area contributed by atoms with E-state index in [9.17, 15) is 9.59 Å². The topological polar surface area (TPSA) is 58.6 Å². The van der Waals surface area contributed by atoms with Crippen molar-refractivity contribution in [1.82, 2.24) is 0 Å². The van der Waals surface area contributed by atoms with Gasteiger partial charge in [0.15, 0.2) is 0 Å². The van der Waals surface area contributed by atoms with Crippen molar-refractivity contribution in [2.24, 2.45) is 0 Å². The number of hydrogen-bond acceptors (Lipinski definition) is 4. The van der Waals surface area contributed by atoms with Gasteiger partial charge in [-0.25, -0.2) is 0 Å². The zero-order valence-corrected chi connectivity index (χ0v) is 20.1. The SMILES string of the molecule is COc1ccccc1N1C(=O)CS[C@@H]1c1ccc(NC(=O)c2ccc(C(C)(C)C)cc2)cc1. The van der Waals surface area contributed by atoms with Gasteiger partial charge in [-0.15, -0.1) is 11.8 Å². The number of carbonyl (C=O) groups excluding carboxylic acids is 2. The molecule has 0 unspecified atom stereocenters. The van der Waals surface area contributed by atoms with Crippen molar-refractivity contribution in [1.29, 1.82) is 0 Å². The molecule has 0 saturated carbocycles. The maximum absolute atomic E-state index is 12.7. The van der Waals surface area contributed by atoms with Crippen LogP contribution in [-0.2, 0) is 10.2 Å². The van der Waals surface area contributed by atoms with Crippen LogP contribution in [-0.4, -0.2) is 24.7 Å². The second-order valence-electron chi connectivity index (χ2n) is 9.00. The molecule has 1 N–H and O–H groups in total. The van der Waals surface area contributed by atoms with E-state index in [1.807, 2.05) is 72.8 Å². The highest BCUT2D eigenvalue weighted by molar-refractivity contribution is 8.00. The maximum Gasteiger partial charge on any atom is 0.255 e. The summed E-state index contributed by atoms with van der Waals surface area (Å²) >= 11 is 1.58. The van der Waals surface area contributed by atoms with E-state index in [-0.39, 0.29) is 22.6 Å². The lowest BCUT2D eigenvalue weighted by molar-refractivity contribution is -0.115. The summed E-state index contributed by atoms with van der Waals surface area (Å²) in [6.07, 6.45) is 0. The molecule has 0 spiro atoms. The number of amides is 2. The van der Waals surface area contributed by atoms with Gasteiger partial charge in [-0.1, -0.05) is 57.2 Å². The molecule has 170 valence electrons. The second kappa shape index (κ2) is 9.32. The van der Waals surface area contributed by atoms with Gasteiger partial charge >= 0.3 is 0 Å². The molecule has 4 rings (SSSR count). The largest absolute Gasteiger partial charge is 0.495 e. The van der Waals surface area contributed by atoms with Crippen LogP contribution in [0.1, 0.15) is 47.6 Å². The van der Waals surface area contributed by atoms with E-state index in [1.165, 1.54) is 5.56 Å². The highest BCUT2D eigenvalue weighted by atomic mass is 32.2. The fraction of sp³-hybridized carbons (Fsp3) is 0.259. The Bertz CT molecular complexity index is 1150. The van der Waals surface area contributed by atoms with E-state index in [0.717, 1.165) is 11.3 Å². The van der Waals surface area contributed by atoms with Crippen molar-refractivity contribution < 1.29 is 14.3 Å². The Balaban J connectivity index is 1.50. The van der Waals surface area contributed by atoms with Crippen LogP contribution in [0.25, 0.3) is 0 Å². The van der Waals surface area contributed by atoms with E-state index in [2.05, 4.69) is 26.1 Å².